The zero-order chi connectivity index (χ0) is 10.7. The van der Waals surface area contributed by atoms with E-state index in [0.717, 1.165) is 19.4 Å². The lowest BCUT2D eigenvalue weighted by Gasteiger charge is -2.22. The molecule has 0 radical (unpaired) electrons. The van der Waals surface area contributed by atoms with E-state index in [9.17, 15) is 4.79 Å². The standard InChI is InChI=1S/C13H17NO/c1-2-10-3-5-11(6-4-10)12-7-8-13(15)14-9-12/h3-6,12H,2,7-9H2,1H3,(H,14,15). The summed E-state index contributed by atoms with van der Waals surface area (Å²) in [4.78, 5) is 11.0. The smallest absolute Gasteiger partial charge is 0.220 e. The second kappa shape index (κ2) is 4.47. The second-order valence-corrected chi connectivity index (χ2v) is 4.13. The average Bonchev–Trinajstić information content (AvgIpc) is 2.30. The monoisotopic (exact) mass is 203 g/mol. The van der Waals surface area contributed by atoms with Crippen molar-refractivity contribution in [1.82, 2.24) is 5.32 Å². The van der Waals surface area contributed by atoms with E-state index >= 15 is 0 Å². The van der Waals surface area contributed by atoms with Crippen LogP contribution in [0.4, 0.5) is 0 Å². The fraction of sp³-hybridized carbons (Fsp3) is 0.462. The van der Waals surface area contributed by atoms with E-state index in [1.807, 2.05) is 0 Å². The van der Waals surface area contributed by atoms with Crippen molar-refractivity contribution in [1.29, 1.82) is 0 Å². The first-order valence-corrected chi connectivity index (χ1v) is 5.65. The molecule has 1 aromatic carbocycles. The van der Waals surface area contributed by atoms with Crippen LogP contribution in [0.15, 0.2) is 24.3 Å². The SMILES string of the molecule is CCc1ccc(C2CCC(=O)NC2)cc1. The molecule has 1 saturated heterocycles. The molecule has 80 valence electrons. The Morgan fingerprint density at radius 3 is 2.60 bits per heavy atom. The van der Waals surface area contributed by atoms with Gasteiger partial charge in [0.05, 0.1) is 0 Å². The molecule has 15 heavy (non-hydrogen) atoms. The van der Waals surface area contributed by atoms with E-state index in [1.54, 1.807) is 0 Å². The van der Waals surface area contributed by atoms with Crippen LogP contribution in [-0.4, -0.2) is 12.5 Å². The fourth-order valence-electron chi connectivity index (χ4n) is 2.04. The summed E-state index contributed by atoms with van der Waals surface area (Å²) in [6.07, 6.45) is 2.74. The summed E-state index contributed by atoms with van der Waals surface area (Å²) in [6, 6.07) is 8.76. The summed E-state index contributed by atoms with van der Waals surface area (Å²) >= 11 is 0. The van der Waals surface area contributed by atoms with Gasteiger partial charge in [-0.05, 0) is 24.0 Å². The van der Waals surface area contributed by atoms with Gasteiger partial charge in [-0.2, -0.15) is 0 Å². The zero-order valence-corrected chi connectivity index (χ0v) is 9.12. The average molecular weight is 203 g/mol. The van der Waals surface area contributed by atoms with Gasteiger partial charge in [-0.15, -0.1) is 0 Å². The molecule has 1 unspecified atom stereocenters. The van der Waals surface area contributed by atoms with Gasteiger partial charge in [-0.3, -0.25) is 4.79 Å². The van der Waals surface area contributed by atoms with Gasteiger partial charge < -0.3 is 5.32 Å². The van der Waals surface area contributed by atoms with Gasteiger partial charge in [0, 0.05) is 18.9 Å². The molecular weight excluding hydrogens is 186 g/mol. The number of piperidine rings is 1. The highest BCUT2D eigenvalue weighted by atomic mass is 16.1. The number of hydrogen-bond acceptors (Lipinski definition) is 1. The van der Waals surface area contributed by atoms with Gasteiger partial charge in [0.1, 0.15) is 0 Å². The van der Waals surface area contributed by atoms with Crippen molar-refractivity contribution in [3.8, 4) is 0 Å². The van der Waals surface area contributed by atoms with E-state index in [1.165, 1.54) is 11.1 Å². The van der Waals surface area contributed by atoms with E-state index in [-0.39, 0.29) is 5.91 Å². The fourth-order valence-corrected chi connectivity index (χ4v) is 2.04. The van der Waals surface area contributed by atoms with Gasteiger partial charge in [0.25, 0.3) is 0 Å². The number of benzene rings is 1. The minimum Gasteiger partial charge on any atom is -0.355 e. The lowest BCUT2D eigenvalue weighted by Crippen LogP contribution is -2.33. The lowest BCUT2D eigenvalue weighted by atomic mass is 9.91. The number of amides is 1. The number of nitrogens with one attached hydrogen (secondary N) is 1. The Balaban J connectivity index is 2.06. The highest BCUT2D eigenvalue weighted by Gasteiger charge is 2.18. The van der Waals surface area contributed by atoms with E-state index in [2.05, 4.69) is 36.5 Å². The molecule has 2 heteroatoms. The second-order valence-electron chi connectivity index (χ2n) is 4.13. The number of hydrogen-bond donors (Lipinski definition) is 1. The van der Waals surface area contributed by atoms with Crippen LogP contribution in [0.3, 0.4) is 0 Å². The Kier molecular flexibility index (Phi) is 3.05. The van der Waals surface area contributed by atoms with Crippen LogP contribution in [0.1, 0.15) is 36.8 Å². The molecule has 1 atom stereocenters. The highest BCUT2D eigenvalue weighted by Crippen LogP contribution is 2.23. The molecule has 1 heterocycles. The van der Waals surface area contributed by atoms with Crippen LogP contribution >= 0.6 is 0 Å². The molecule has 2 nitrogen and oxygen atoms in total. The molecule has 0 saturated carbocycles. The Hall–Kier alpha value is -1.31. The first-order chi connectivity index (χ1) is 7.29. The van der Waals surface area contributed by atoms with E-state index in [4.69, 9.17) is 0 Å². The molecule has 2 rings (SSSR count). The van der Waals surface area contributed by atoms with Crippen LogP contribution in [0.25, 0.3) is 0 Å². The Bertz CT molecular complexity index is 332. The first-order valence-electron chi connectivity index (χ1n) is 5.65. The van der Waals surface area contributed by atoms with E-state index < -0.39 is 0 Å². The van der Waals surface area contributed by atoms with Crippen molar-refractivity contribution in [3.63, 3.8) is 0 Å². The van der Waals surface area contributed by atoms with Gasteiger partial charge in [-0.25, -0.2) is 0 Å². The summed E-state index contributed by atoms with van der Waals surface area (Å²) in [6.45, 7) is 2.96. The third-order valence-electron chi connectivity index (χ3n) is 3.12. The molecule has 1 N–H and O–H groups in total. The molecule has 1 aliphatic rings. The zero-order valence-electron chi connectivity index (χ0n) is 9.12. The molecule has 1 fully saturated rings. The normalized spacial score (nSPS) is 21.1. The summed E-state index contributed by atoms with van der Waals surface area (Å²) in [7, 11) is 0. The van der Waals surface area contributed by atoms with E-state index in [0.29, 0.717) is 12.3 Å². The largest absolute Gasteiger partial charge is 0.355 e. The minimum absolute atomic E-state index is 0.191. The topological polar surface area (TPSA) is 29.1 Å². The Labute approximate surface area is 90.7 Å². The number of carbonyl (C=O) groups is 1. The molecule has 1 aliphatic heterocycles. The molecule has 1 aromatic rings. The van der Waals surface area contributed by atoms with Crippen LogP contribution in [0, 0.1) is 0 Å². The van der Waals surface area contributed by atoms with Crippen molar-refractivity contribution in [3.05, 3.63) is 35.4 Å². The van der Waals surface area contributed by atoms with Crippen molar-refractivity contribution in [2.45, 2.75) is 32.1 Å². The highest BCUT2D eigenvalue weighted by molar-refractivity contribution is 5.76. The lowest BCUT2D eigenvalue weighted by molar-refractivity contribution is -0.122. The van der Waals surface area contributed by atoms with Crippen molar-refractivity contribution in [2.75, 3.05) is 6.54 Å². The third-order valence-corrected chi connectivity index (χ3v) is 3.12. The molecule has 0 aliphatic carbocycles. The van der Waals surface area contributed by atoms with Crippen molar-refractivity contribution in [2.24, 2.45) is 0 Å². The molecular formula is C13H17NO. The van der Waals surface area contributed by atoms with Crippen LogP contribution in [0.5, 0.6) is 0 Å². The maximum atomic E-state index is 11.0. The number of carbonyl (C=O) groups excluding carboxylic acids is 1. The molecule has 0 aromatic heterocycles. The van der Waals surface area contributed by atoms with Crippen LogP contribution < -0.4 is 5.32 Å². The van der Waals surface area contributed by atoms with Crippen molar-refractivity contribution >= 4 is 5.91 Å². The maximum absolute atomic E-state index is 11.0. The number of rotatable bonds is 2. The molecule has 0 bridgehead atoms. The van der Waals surface area contributed by atoms with Gasteiger partial charge in [-0.1, -0.05) is 31.2 Å². The Morgan fingerprint density at radius 1 is 1.33 bits per heavy atom. The van der Waals surface area contributed by atoms with Gasteiger partial charge >= 0.3 is 0 Å². The third kappa shape index (κ3) is 2.38. The summed E-state index contributed by atoms with van der Waals surface area (Å²) < 4.78 is 0. The molecule has 1 amide bonds. The first kappa shape index (κ1) is 10.2. The summed E-state index contributed by atoms with van der Waals surface area (Å²) in [5.41, 5.74) is 2.73. The van der Waals surface area contributed by atoms with Crippen LogP contribution in [0.2, 0.25) is 0 Å². The van der Waals surface area contributed by atoms with Crippen LogP contribution in [-0.2, 0) is 11.2 Å². The molecule has 0 spiro atoms. The van der Waals surface area contributed by atoms with Gasteiger partial charge in [0.2, 0.25) is 5.91 Å². The Morgan fingerprint density at radius 2 is 2.07 bits per heavy atom. The summed E-state index contributed by atoms with van der Waals surface area (Å²) in [5, 5.41) is 2.92. The predicted octanol–water partition coefficient (Wildman–Crippen LogP) is 2.24. The number of aryl methyl sites for hydroxylation is 1. The van der Waals surface area contributed by atoms with Crippen molar-refractivity contribution < 1.29 is 4.79 Å². The summed E-state index contributed by atoms with van der Waals surface area (Å²) in [5.74, 6) is 0.699. The quantitative estimate of drug-likeness (QED) is 0.784. The predicted molar refractivity (Wildman–Crippen MR) is 60.8 cm³/mol. The minimum atomic E-state index is 0.191. The van der Waals surface area contributed by atoms with Gasteiger partial charge in [0.15, 0.2) is 0 Å². The maximum Gasteiger partial charge on any atom is 0.220 e.